The van der Waals surface area contributed by atoms with E-state index in [4.69, 9.17) is 10.8 Å². The number of amides is 1. The van der Waals surface area contributed by atoms with Crippen LogP contribution in [0.15, 0.2) is 24.3 Å². The van der Waals surface area contributed by atoms with Gasteiger partial charge in [-0.2, -0.15) is 0 Å². The molecule has 1 aromatic rings. The molecule has 106 valence electrons. The van der Waals surface area contributed by atoms with Gasteiger partial charge in [-0.25, -0.2) is 0 Å². The van der Waals surface area contributed by atoms with Crippen LogP contribution in [0.1, 0.15) is 41.6 Å². The van der Waals surface area contributed by atoms with Crippen LogP contribution in [0.3, 0.4) is 0 Å². The average Bonchev–Trinajstić information content (AvgIpc) is 2.44. The number of nitrogens with one attached hydrogen (secondary N) is 1. The molecule has 0 radical (unpaired) electrons. The van der Waals surface area contributed by atoms with Gasteiger partial charge in [0, 0.05) is 18.7 Å². The molecule has 0 aliphatic heterocycles. The summed E-state index contributed by atoms with van der Waals surface area (Å²) in [6.45, 7) is 1.53. The Bertz CT molecular complexity index is 380. The van der Waals surface area contributed by atoms with Gasteiger partial charge in [0.05, 0.1) is 0 Å². The zero-order chi connectivity index (χ0) is 13.9. The maximum Gasteiger partial charge on any atom is 0.251 e. The second kappa shape index (κ2) is 9.53. The number of benzene rings is 1. The van der Waals surface area contributed by atoms with E-state index in [9.17, 15) is 4.79 Å². The predicted molar refractivity (Wildman–Crippen MR) is 77.1 cm³/mol. The van der Waals surface area contributed by atoms with E-state index in [2.05, 4.69) is 5.32 Å². The molecular weight excluding hydrogens is 240 g/mol. The van der Waals surface area contributed by atoms with Crippen LogP contribution in [0.5, 0.6) is 0 Å². The van der Waals surface area contributed by atoms with Crippen LogP contribution < -0.4 is 11.1 Å². The lowest BCUT2D eigenvalue weighted by Crippen LogP contribution is -2.26. The van der Waals surface area contributed by atoms with E-state index in [0.717, 1.165) is 43.2 Å². The van der Waals surface area contributed by atoms with Gasteiger partial charge in [0.25, 0.3) is 5.91 Å². The van der Waals surface area contributed by atoms with Crippen molar-refractivity contribution in [2.45, 2.75) is 32.1 Å². The lowest BCUT2D eigenvalue weighted by atomic mass is 10.0. The van der Waals surface area contributed by atoms with Crippen molar-refractivity contribution in [3.05, 3.63) is 35.4 Å². The lowest BCUT2D eigenvalue weighted by Gasteiger charge is -2.09. The van der Waals surface area contributed by atoms with Crippen molar-refractivity contribution in [2.75, 3.05) is 19.7 Å². The largest absolute Gasteiger partial charge is 0.396 e. The molecule has 0 aromatic heterocycles. The number of aliphatic hydroxyl groups excluding tert-OH is 1. The van der Waals surface area contributed by atoms with E-state index in [1.165, 1.54) is 0 Å². The van der Waals surface area contributed by atoms with Crippen LogP contribution in [0, 0.1) is 0 Å². The first-order chi connectivity index (χ1) is 9.29. The Kier molecular flexibility index (Phi) is 7.86. The molecule has 0 aliphatic carbocycles. The molecular formula is C15H24N2O2. The summed E-state index contributed by atoms with van der Waals surface area (Å²) < 4.78 is 0. The Balaban J connectivity index is 2.52. The smallest absolute Gasteiger partial charge is 0.251 e. The highest BCUT2D eigenvalue weighted by atomic mass is 16.2. The van der Waals surface area contributed by atoms with Gasteiger partial charge >= 0.3 is 0 Å². The Morgan fingerprint density at radius 2 is 1.95 bits per heavy atom. The molecule has 0 fully saturated rings. The normalized spacial score (nSPS) is 10.4. The fraction of sp³-hybridized carbons (Fsp3) is 0.533. The SMILES string of the molecule is NCCCCNC(=O)c1ccccc1CCCCO. The fourth-order valence-electron chi connectivity index (χ4n) is 1.95. The van der Waals surface area contributed by atoms with E-state index in [1.807, 2.05) is 24.3 Å². The van der Waals surface area contributed by atoms with E-state index < -0.39 is 0 Å². The van der Waals surface area contributed by atoms with Crippen molar-refractivity contribution in [2.24, 2.45) is 5.73 Å². The topological polar surface area (TPSA) is 75.3 Å². The molecule has 4 nitrogen and oxygen atoms in total. The number of aryl methyl sites for hydroxylation is 1. The number of carbonyl (C=O) groups excluding carboxylic acids is 1. The molecule has 0 atom stereocenters. The van der Waals surface area contributed by atoms with Gasteiger partial charge in [-0.1, -0.05) is 18.2 Å². The number of rotatable bonds is 9. The quantitative estimate of drug-likeness (QED) is 0.591. The van der Waals surface area contributed by atoms with Crippen molar-refractivity contribution >= 4 is 5.91 Å². The van der Waals surface area contributed by atoms with E-state index in [1.54, 1.807) is 0 Å². The number of carbonyl (C=O) groups is 1. The second-order valence-corrected chi connectivity index (χ2v) is 4.59. The van der Waals surface area contributed by atoms with Crippen LogP contribution in [0.2, 0.25) is 0 Å². The van der Waals surface area contributed by atoms with Gasteiger partial charge in [0.1, 0.15) is 0 Å². The standard InChI is InChI=1S/C15H24N2O2/c16-10-4-5-11-17-15(19)14-9-2-1-7-13(14)8-3-6-12-18/h1-2,7,9,18H,3-6,8,10-12,16H2,(H,17,19). The third-order valence-corrected chi connectivity index (χ3v) is 3.03. The first-order valence-electron chi connectivity index (χ1n) is 6.96. The molecule has 0 bridgehead atoms. The second-order valence-electron chi connectivity index (χ2n) is 4.59. The van der Waals surface area contributed by atoms with E-state index in [-0.39, 0.29) is 12.5 Å². The number of aliphatic hydroxyl groups is 1. The third-order valence-electron chi connectivity index (χ3n) is 3.03. The molecule has 0 heterocycles. The Hall–Kier alpha value is -1.39. The molecule has 0 saturated carbocycles. The summed E-state index contributed by atoms with van der Waals surface area (Å²) in [4.78, 5) is 12.1. The maximum absolute atomic E-state index is 12.1. The van der Waals surface area contributed by atoms with Crippen LogP contribution in [-0.2, 0) is 6.42 Å². The van der Waals surface area contributed by atoms with Gasteiger partial charge in [-0.05, 0) is 50.3 Å². The molecule has 0 saturated heterocycles. The fourth-order valence-corrected chi connectivity index (χ4v) is 1.95. The molecule has 19 heavy (non-hydrogen) atoms. The highest BCUT2D eigenvalue weighted by molar-refractivity contribution is 5.95. The number of hydrogen-bond donors (Lipinski definition) is 3. The predicted octanol–water partition coefficient (Wildman–Crippen LogP) is 1.47. The average molecular weight is 264 g/mol. The van der Waals surface area contributed by atoms with Crippen molar-refractivity contribution in [1.82, 2.24) is 5.32 Å². The minimum Gasteiger partial charge on any atom is -0.396 e. The summed E-state index contributed by atoms with van der Waals surface area (Å²) in [5.41, 5.74) is 7.21. The highest BCUT2D eigenvalue weighted by Gasteiger charge is 2.09. The van der Waals surface area contributed by atoms with Gasteiger partial charge in [-0.3, -0.25) is 4.79 Å². The first-order valence-corrected chi connectivity index (χ1v) is 6.96. The lowest BCUT2D eigenvalue weighted by molar-refractivity contribution is 0.0952. The van der Waals surface area contributed by atoms with Gasteiger partial charge < -0.3 is 16.2 Å². The molecule has 0 spiro atoms. The Labute approximate surface area is 115 Å². The zero-order valence-electron chi connectivity index (χ0n) is 11.4. The Morgan fingerprint density at radius 1 is 1.16 bits per heavy atom. The van der Waals surface area contributed by atoms with Crippen molar-refractivity contribution in [1.29, 1.82) is 0 Å². The van der Waals surface area contributed by atoms with Gasteiger partial charge in [0.2, 0.25) is 0 Å². The van der Waals surface area contributed by atoms with Gasteiger partial charge in [-0.15, -0.1) is 0 Å². The summed E-state index contributed by atoms with van der Waals surface area (Å²) in [5.74, 6) is -0.0170. The molecule has 1 aromatic carbocycles. The molecule has 4 N–H and O–H groups in total. The van der Waals surface area contributed by atoms with Crippen molar-refractivity contribution < 1.29 is 9.90 Å². The van der Waals surface area contributed by atoms with Gasteiger partial charge in [0.15, 0.2) is 0 Å². The molecule has 0 unspecified atom stereocenters. The Morgan fingerprint density at radius 3 is 2.68 bits per heavy atom. The van der Waals surface area contributed by atoms with E-state index >= 15 is 0 Å². The van der Waals surface area contributed by atoms with Crippen molar-refractivity contribution in [3.8, 4) is 0 Å². The number of hydrogen-bond acceptors (Lipinski definition) is 3. The maximum atomic E-state index is 12.1. The molecule has 0 aliphatic rings. The summed E-state index contributed by atoms with van der Waals surface area (Å²) in [7, 11) is 0. The minimum atomic E-state index is -0.0170. The highest BCUT2D eigenvalue weighted by Crippen LogP contribution is 2.12. The zero-order valence-corrected chi connectivity index (χ0v) is 11.4. The monoisotopic (exact) mass is 264 g/mol. The van der Waals surface area contributed by atoms with Crippen LogP contribution >= 0.6 is 0 Å². The summed E-state index contributed by atoms with van der Waals surface area (Å²) >= 11 is 0. The first kappa shape index (κ1) is 15.7. The number of nitrogens with two attached hydrogens (primary N) is 1. The summed E-state index contributed by atoms with van der Waals surface area (Å²) in [6.07, 6.45) is 4.33. The molecule has 4 heteroatoms. The summed E-state index contributed by atoms with van der Waals surface area (Å²) in [6, 6.07) is 7.66. The molecule has 1 amide bonds. The third kappa shape index (κ3) is 5.85. The molecule has 1 rings (SSSR count). The van der Waals surface area contributed by atoms with Crippen molar-refractivity contribution in [3.63, 3.8) is 0 Å². The van der Waals surface area contributed by atoms with Crippen LogP contribution in [0.25, 0.3) is 0 Å². The van der Waals surface area contributed by atoms with Crippen LogP contribution in [-0.4, -0.2) is 30.7 Å². The number of unbranched alkanes of at least 4 members (excludes halogenated alkanes) is 2. The van der Waals surface area contributed by atoms with E-state index in [0.29, 0.717) is 13.1 Å². The van der Waals surface area contributed by atoms with Crippen LogP contribution in [0.4, 0.5) is 0 Å². The minimum absolute atomic E-state index is 0.0170. The summed E-state index contributed by atoms with van der Waals surface area (Å²) in [5, 5.41) is 11.7.